The van der Waals surface area contributed by atoms with Crippen LogP contribution in [0.1, 0.15) is 30.2 Å². The minimum absolute atomic E-state index is 0.0692. The summed E-state index contributed by atoms with van der Waals surface area (Å²) in [4.78, 5) is 32.9. The molecule has 2 amide bonds. The summed E-state index contributed by atoms with van der Waals surface area (Å²) in [6.45, 7) is 1.46. The first kappa shape index (κ1) is 18.6. The molecular formula is C22H21N3O2S2. The first-order valence-electron chi connectivity index (χ1n) is 9.87. The minimum atomic E-state index is -0.362. The largest absolute Gasteiger partial charge is 0.343 e. The Hall–Kier alpha value is -2.38. The Kier molecular flexibility index (Phi) is 5.01. The van der Waals surface area contributed by atoms with Crippen LogP contribution < -0.4 is 5.32 Å². The van der Waals surface area contributed by atoms with Crippen LogP contribution in [0.25, 0.3) is 10.2 Å². The van der Waals surface area contributed by atoms with Gasteiger partial charge in [0.05, 0.1) is 26.2 Å². The maximum absolute atomic E-state index is 12.8. The van der Waals surface area contributed by atoms with E-state index in [9.17, 15) is 9.59 Å². The number of para-hydroxylation sites is 2. The molecule has 7 heteroatoms. The quantitative estimate of drug-likeness (QED) is 0.674. The summed E-state index contributed by atoms with van der Waals surface area (Å²) in [7, 11) is 0. The number of hydrogen-bond acceptors (Lipinski definition) is 5. The van der Waals surface area contributed by atoms with E-state index in [0.29, 0.717) is 5.92 Å². The van der Waals surface area contributed by atoms with E-state index in [-0.39, 0.29) is 23.5 Å². The Labute approximate surface area is 177 Å². The zero-order valence-corrected chi connectivity index (χ0v) is 17.5. The first-order valence-corrected chi connectivity index (χ1v) is 11.6. The Bertz CT molecular complexity index is 1040. The molecule has 1 aromatic heterocycles. The Balaban J connectivity index is 1.20. The predicted molar refractivity (Wildman–Crippen MR) is 118 cm³/mol. The van der Waals surface area contributed by atoms with Crippen LogP contribution in [-0.2, 0) is 9.59 Å². The van der Waals surface area contributed by atoms with Crippen molar-refractivity contribution in [3.63, 3.8) is 0 Å². The number of carbonyl (C=O) groups excluding carboxylic acids is 2. The third-order valence-electron chi connectivity index (χ3n) is 5.57. The van der Waals surface area contributed by atoms with E-state index >= 15 is 0 Å². The zero-order valence-electron chi connectivity index (χ0n) is 15.8. The summed E-state index contributed by atoms with van der Waals surface area (Å²) in [6.07, 6.45) is 2.10. The maximum Gasteiger partial charge on any atom is 0.238 e. The molecule has 1 unspecified atom stereocenters. The lowest BCUT2D eigenvalue weighted by molar-refractivity contribution is -0.133. The highest BCUT2D eigenvalue weighted by Gasteiger charge is 2.32. The Morgan fingerprint density at radius 3 is 2.69 bits per heavy atom. The van der Waals surface area contributed by atoms with Crippen molar-refractivity contribution in [1.82, 2.24) is 9.88 Å². The van der Waals surface area contributed by atoms with Crippen LogP contribution in [0.2, 0.25) is 0 Å². The normalized spacial score (nSPS) is 19.8. The Morgan fingerprint density at radius 1 is 1.10 bits per heavy atom. The van der Waals surface area contributed by atoms with Gasteiger partial charge in [0.1, 0.15) is 0 Å². The van der Waals surface area contributed by atoms with Crippen LogP contribution >= 0.6 is 23.1 Å². The fourth-order valence-corrected chi connectivity index (χ4v) is 6.19. The average Bonchev–Trinajstić information content (AvgIpc) is 3.19. The number of nitrogens with one attached hydrogen (secondary N) is 1. The highest BCUT2D eigenvalue weighted by molar-refractivity contribution is 8.01. The van der Waals surface area contributed by atoms with Crippen LogP contribution in [0, 0.1) is 0 Å². The molecule has 1 N–H and O–H groups in total. The monoisotopic (exact) mass is 423 g/mol. The molecule has 3 aromatic rings. The molecule has 2 aromatic carbocycles. The van der Waals surface area contributed by atoms with Gasteiger partial charge in [0.15, 0.2) is 0 Å². The van der Waals surface area contributed by atoms with Gasteiger partial charge in [-0.2, -0.15) is 0 Å². The summed E-state index contributed by atoms with van der Waals surface area (Å²) >= 11 is 3.25. The lowest BCUT2D eigenvalue weighted by Gasteiger charge is -2.32. The van der Waals surface area contributed by atoms with E-state index in [0.717, 1.165) is 42.0 Å². The predicted octanol–water partition coefficient (Wildman–Crippen LogP) is 4.51. The van der Waals surface area contributed by atoms with Crippen molar-refractivity contribution in [2.75, 3.05) is 18.4 Å². The van der Waals surface area contributed by atoms with Crippen molar-refractivity contribution >= 4 is 50.8 Å². The zero-order chi connectivity index (χ0) is 19.8. The molecule has 0 radical (unpaired) electrons. The van der Waals surface area contributed by atoms with Crippen molar-refractivity contribution < 1.29 is 9.59 Å². The van der Waals surface area contributed by atoms with Crippen LogP contribution in [-0.4, -0.2) is 40.0 Å². The summed E-state index contributed by atoms with van der Waals surface area (Å²) in [6, 6.07) is 16.0. The van der Waals surface area contributed by atoms with Crippen LogP contribution in [0.4, 0.5) is 5.69 Å². The summed E-state index contributed by atoms with van der Waals surface area (Å²) < 4.78 is 1.22. The number of piperidine rings is 1. The number of anilines is 1. The topological polar surface area (TPSA) is 62.3 Å². The van der Waals surface area contributed by atoms with Crippen molar-refractivity contribution in [1.29, 1.82) is 0 Å². The van der Waals surface area contributed by atoms with Gasteiger partial charge in [-0.3, -0.25) is 9.59 Å². The SMILES string of the molecule is O=C1Nc2ccccc2SC1CC(=O)N1CCC(c2nc3ccccc3s2)CC1. The van der Waals surface area contributed by atoms with Gasteiger partial charge < -0.3 is 10.2 Å². The molecule has 2 aliphatic heterocycles. The molecule has 1 atom stereocenters. The Morgan fingerprint density at radius 2 is 1.86 bits per heavy atom. The van der Waals surface area contributed by atoms with E-state index in [2.05, 4.69) is 17.4 Å². The highest BCUT2D eigenvalue weighted by Crippen LogP contribution is 2.38. The van der Waals surface area contributed by atoms with E-state index in [4.69, 9.17) is 4.98 Å². The minimum Gasteiger partial charge on any atom is -0.343 e. The van der Waals surface area contributed by atoms with Gasteiger partial charge in [-0.25, -0.2) is 4.98 Å². The number of rotatable bonds is 3. The van der Waals surface area contributed by atoms with E-state index in [1.165, 1.54) is 21.5 Å². The van der Waals surface area contributed by atoms with Gasteiger partial charge in [0, 0.05) is 30.3 Å². The molecule has 1 fully saturated rings. The third kappa shape index (κ3) is 3.76. The smallest absolute Gasteiger partial charge is 0.238 e. The van der Waals surface area contributed by atoms with Gasteiger partial charge >= 0.3 is 0 Å². The number of thioether (sulfide) groups is 1. The van der Waals surface area contributed by atoms with Crippen molar-refractivity contribution in [3.05, 3.63) is 53.5 Å². The number of carbonyl (C=O) groups is 2. The molecule has 1 saturated heterocycles. The van der Waals surface area contributed by atoms with E-state index in [1.807, 2.05) is 41.3 Å². The molecule has 0 aliphatic carbocycles. The summed E-state index contributed by atoms with van der Waals surface area (Å²) in [5, 5.41) is 3.74. The van der Waals surface area contributed by atoms with E-state index < -0.39 is 0 Å². The lowest BCUT2D eigenvalue weighted by atomic mass is 9.97. The maximum atomic E-state index is 12.8. The molecule has 29 heavy (non-hydrogen) atoms. The van der Waals surface area contributed by atoms with Crippen LogP contribution in [0.15, 0.2) is 53.4 Å². The molecule has 5 rings (SSSR count). The van der Waals surface area contributed by atoms with Gasteiger partial charge in [0.25, 0.3) is 0 Å². The molecule has 0 spiro atoms. The number of nitrogens with zero attached hydrogens (tertiary/aromatic N) is 2. The number of benzene rings is 2. The number of fused-ring (bicyclic) bond motifs is 2. The molecule has 3 heterocycles. The van der Waals surface area contributed by atoms with Crippen LogP contribution in [0.3, 0.4) is 0 Å². The number of hydrogen-bond donors (Lipinski definition) is 1. The van der Waals surface area contributed by atoms with Gasteiger partial charge in [-0.05, 0) is 37.1 Å². The second-order valence-electron chi connectivity index (χ2n) is 7.47. The van der Waals surface area contributed by atoms with Gasteiger partial charge in [0.2, 0.25) is 11.8 Å². The van der Waals surface area contributed by atoms with Crippen molar-refractivity contribution in [3.8, 4) is 0 Å². The first-order chi connectivity index (χ1) is 14.2. The number of amides is 2. The van der Waals surface area contributed by atoms with Crippen molar-refractivity contribution in [2.45, 2.75) is 35.3 Å². The molecule has 2 aliphatic rings. The van der Waals surface area contributed by atoms with Gasteiger partial charge in [-0.1, -0.05) is 24.3 Å². The standard InChI is InChI=1S/C22H21N3O2S2/c26-20(13-19-21(27)23-15-5-1-3-7-17(15)28-19)25-11-9-14(10-12-25)22-24-16-6-2-4-8-18(16)29-22/h1-8,14,19H,9-13H2,(H,23,27). The summed E-state index contributed by atoms with van der Waals surface area (Å²) in [5.74, 6) is 0.405. The summed E-state index contributed by atoms with van der Waals surface area (Å²) in [5.41, 5.74) is 1.90. The molecule has 148 valence electrons. The second-order valence-corrected chi connectivity index (χ2v) is 9.78. The molecule has 0 bridgehead atoms. The number of likely N-dealkylation sites (tertiary alicyclic amines) is 1. The molecule has 5 nitrogen and oxygen atoms in total. The second kappa shape index (κ2) is 7.80. The van der Waals surface area contributed by atoms with Crippen LogP contribution in [0.5, 0.6) is 0 Å². The lowest BCUT2D eigenvalue weighted by Crippen LogP contribution is -2.41. The average molecular weight is 424 g/mol. The fraction of sp³-hybridized carbons (Fsp3) is 0.318. The van der Waals surface area contributed by atoms with Crippen molar-refractivity contribution in [2.24, 2.45) is 0 Å². The van der Waals surface area contributed by atoms with E-state index in [1.54, 1.807) is 11.3 Å². The highest BCUT2D eigenvalue weighted by atomic mass is 32.2. The van der Waals surface area contributed by atoms with Gasteiger partial charge in [-0.15, -0.1) is 23.1 Å². The number of thiazole rings is 1. The number of aromatic nitrogens is 1. The molecule has 0 saturated carbocycles. The third-order valence-corrected chi connectivity index (χ3v) is 8.05. The fourth-order valence-electron chi connectivity index (χ4n) is 3.96. The molecular weight excluding hydrogens is 402 g/mol.